The Labute approximate surface area is 171 Å². The molecule has 0 saturated carbocycles. The molecule has 0 unspecified atom stereocenters. The highest BCUT2D eigenvalue weighted by Gasteiger charge is 2.10. The Hall–Kier alpha value is -3.47. The molecule has 0 fully saturated rings. The lowest BCUT2D eigenvalue weighted by Gasteiger charge is -2.13. The first kappa shape index (κ1) is 20.3. The van der Waals surface area contributed by atoms with Crippen molar-refractivity contribution >= 4 is 17.3 Å². The van der Waals surface area contributed by atoms with E-state index < -0.39 is 0 Å². The second kappa shape index (κ2) is 9.64. The van der Waals surface area contributed by atoms with Crippen LogP contribution in [0.2, 0.25) is 0 Å². The van der Waals surface area contributed by atoms with Gasteiger partial charge in [0, 0.05) is 17.9 Å². The Morgan fingerprint density at radius 1 is 0.931 bits per heavy atom. The van der Waals surface area contributed by atoms with Crippen molar-refractivity contribution in [1.29, 1.82) is 0 Å². The lowest BCUT2D eigenvalue weighted by atomic mass is 10.2. The van der Waals surface area contributed by atoms with Crippen molar-refractivity contribution in [3.05, 3.63) is 83.4 Å². The number of rotatable bonds is 8. The lowest BCUT2D eigenvalue weighted by Crippen LogP contribution is -2.20. The molecule has 0 aliphatic rings. The molecule has 2 N–H and O–H groups in total. The Balaban J connectivity index is 1.57. The van der Waals surface area contributed by atoms with Crippen molar-refractivity contribution in [3.8, 4) is 11.5 Å². The maximum Gasteiger partial charge on any atom is 0.262 e. The average Bonchev–Trinajstić information content (AvgIpc) is 2.73. The van der Waals surface area contributed by atoms with Gasteiger partial charge >= 0.3 is 0 Å². The zero-order chi connectivity index (χ0) is 20.6. The fourth-order valence-electron chi connectivity index (χ4n) is 2.86. The Kier molecular flexibility index (Phi) is 6.74. The molecule has 5 heteroatoms. The minimum absolute atomic E-state index is 0.0916. The van der Waals surface area contributed by atoms with Crippen LogP contribution in [0.25, 0.3) is 0 Å². The van der Waals surface area contributed by atoms with Gasteiger partial charge in [-0.1, -0.05) is 42.0 Å². The summed E-state index contributed by atoms with van der Waals surface area (Å²) in [5.74, 6) is 0.912. The molecule has 0 spiro atoms. The molecule has 150 valence electrons. The highest BCUT2D eigenvalue weighted by Crippen LogP contribution is 2.28. The summed E-state index contributed by atoms with van der Waals surface area (Å²) in [4.78, 5) is 12.2. The van der Waals surface area contributed by atoms with Crippen LogP contribution in [-0.2, 0) is 11.3 Å². The number of aryl methyl sites for hydroxylation is 2. The summed E-state index contributed by atoms with van der Waals surface area (Å²) in [5.41, 5.74) is 5.13. The summed E-state index contributed by atoms with van der Waals surface area (Å²) >= 11 is 0. The quantitative estimate of drug-likeness (QED) is 0.572. The van der Waals surface area contributed by atoms with E-state index in [1.807, 2.05) is 49.4 Å². The largest absolute Gasteiger partial charge is 0.493 e. The smallest absolute Gasteiger partial charge is 0.262 e. The van der Waals surface area contributed by atoms with Gasteiger partial charge < -0.3 is 20.1 Å². The fraction of sp³-hybridized carbons (Fsp3) is 0.208. The predicted octanol–water partition coefficient (Wildman–Crippen LogP) is 4.94. The number of para-hydroxylation sites is 1. The van der Waals surface area contributed by atoms with Gasteiger partial charge in [0.15, 0.2) is 18.1 Å². The average molecular weight is 390 g/mol. The van der Waals surface area contributed by atoms with Crippen molar-refractivity contribution < 1.29 is 14.3 Å². The van der Waals surface area contributed by atoms with E-state index in [-0.39, 0.29) is 12.5 Å². The number of anilines is 2. The number of ether oxygens (including phenoxy) is 2. The normalized spacial score (nSPS) is 10.3. The molecule has 5 nitrogen and oxygen atoms in total. The third kappa shape index (κ3) is 5.75. The number of amides is 1. The number of benzene rings is 3. The molecule has 3 rings (SSSR count). The van der Waals surface area contributed by atoms with E-state index in [1.54, 1.807) is 7.11 Å². The summed E-state index contributed by atoms with van der Waals surface area (Å²) in [6.45, 7) is 4.58. The molecule has 0 aliphatic heterocycles. The first-order valence-corrected chi connectivity index (χ1v) is 9.51. The second-order valence-corrected chi connectivity index (χ2v) is 6.86. The van der Waals surface area contributed by atoms with E-state index in [2.05, 4.69) is 41.8 Å². The number of carbonyl (C=O) groups is 1. The highest BCUT2D eigenvalue weighted by molar-refractivity contribution is 5.92. The van der Waals surface area contributed by atoms with Gasteiger partial charge in [0.2, 0.25) is 0 Å². The molecule has 0 aliphatic carbocycles. The lowest BCUT2D eigenvalue weighted by molar-refractivity contribution is -0.118. The Morgan fingerprint density at radius 2 is 1.69 bits per heavy atom. The first-order chi connectivity index (χ1) is 14.0. The maximum absolute atomic E-state index is 12.2. The molecule has 0 aromatic heterocycles. The van der Waals surface area contributed by atoms with Gasteiger partial charge in [0.25, 0.3) is 5.91 Å². The summed E-state index contributed by atoms with van der Waals surface area (Å²) in [5, 5.41) is 6.24. The molecule has 0 saturated heterocycles. The molecule has 3 aromatic carbocycles. The van der Waals surface area contributed by atoms with E-state index in [0.29, 0.717) is 18.0 Å². The number of hydrogen-bond acceptors (Lipinski definition) is 4. The predicted molar refractivity (Wildman–Crippen MR) is 117 cm³/mol. The molecule has 1 amide bonds. The summed E-state index contributed by atoms with van der Waals surface area (Å²) < 4.78 is 11.1. The van der Waals surface area contributed by atoms with Gasteiger partial charge in [-0.25, -0.2) is 0 Å². The minimum Gasteiger partial charge on any atom is -0.493 e. The van der Waals surface area contributed by atoms with Crippen LogP contribution in [-0.4, -0.2) is 19.6 Å². The van der Waals surface area contributed by atoms with Crippen LogP contribution in [0.1, 0.15) is 16.7 Å². The zero-order valence-corrected chi connectivity index (χ0v) is 17.0. The van der Waals surface area contributed by atoms with Crippen LogP contribution < -0.4 is 20.1 Å². The van der Waals surface area contributed by atoms with Crippen molar-refractivity contribution in [2.24, 2.45) is 0 Å². The van der Waals surface area contributed by atoms with Crippen molar-refractivity contribution in [1.82, 2.24) is 0 Å². The maximum atomic E-state index is 12.2. The van der Waals surface area contributed by atoms with Crippen molar-refractivity contribution in [2.75, 3.05) is 24.4 Å². The van der Waals surface area contributed by atoms with Gasteiger partial charge in [-0.2, -0.15) is 0 Å². The van der Waals surface area contributed by atoms with Crippen LogP contribution in [0.4, 0.5) is 11.4 Å². The third-order valence-corrected chi connectivity index (χ3v) is 4.55. The van der Waals surface area contributed by atoms with E-state index in [0.717, 1.165) is 22.5 Å². The van der Waals surface area contributed by atoms with Gasteiger partial charge in [-0.05, 0) is 55.3 Å². The van der Waals surface area contributed by atoms with Crippen molar-refractivity contribution in [3.63, 3.8) is 0 Å². The molecule has 29 heavy (non-hydrogen) atoms. The molecular weight excluding hydrogens is 364 g/mol. The third-order valence-electron chi connectivity index (χ3n) is 4.55. The molecule has 0 radical (unpaired) electrons. The molecular formula is C24H26N2O3. The van der Waals surface area contributed by atoms with Gasteiger partial charge in [-0.15, -0.1) is 0 Å². The minimum atomic E-state index is -0.216. The SMILES string of the molecule is COc1cc(CNc2ccc(C)cc2)ccc1OCC(=O)Nc1ccccc1C. The number of nitrogens with one attached hydrogen (secondary N) is 2. The van der Waals surface area contributed by atoms with Crippen LogP contribution >= 0.6 is 0 Å². The zero-order valence-electron chi connectivity index (χ0n) is 17.0. The van der Waals surface area contributed by atoms with Crippen LogP contribution in [0.15, 0.2) is 66.7 Å². The number of methoxy groups -OCH3 is 1. The highest BCUT2D eigenvalue weighted by atomic mass is 16.5. The van der Waals surface area contributed by atoms with Crippen molar-refractivity contribution in [2.45, 2.75) is 20.4 Å². The van der Waals surface area contributed by atoms with Gasteiger partial charge in [0.1, 0.15) is 0 Å². The summed E-state index contributed by atoms with van der Waals surface area (Å²) in [6, 6.07) is 21.6. The van der Waals surface area contributed by atoms with Gasteiger partial charge in [0.05, 0.1) is 7.11 Å². The standard InChI is InChI=1S/C24H26N2O3/c1-17-8-11-20(12-9-17)25-15-19-10-13-22(23(14-19)28-3)29-16-24(27)26-21-7-5-4-6-18(21)2/h4-14,25H,15-16H2,1-3H3,(H,26,27). The van der Waals surface area contributed by atoms with E-state index in [4.69, 9.17) is 9.47 Å². The summed E-state index contributed by atoms with van der Waals surface area (Å²) in [6.07, 6.45) is 0. The molecule has 0 bridgehead atoms. The van der Waals surface area contributed by atoms with Crippen LogP contribution in [0.5, 0.6) is 11.5 Å². The topological polar surface area (TPSA) is 59.6 Å². The van der Waals surface area contributed by atoms with E-state index >= 15 is 0 Å². The van der Waals surface area contributed by atoms with E-state index in [1.165, 1.54) is 5.56 Å². The molecule has 3 aromatic rings. The molecule has 0 heterocycles. The summed E-state index contributed by atoms with van der Waals surface area (Å²) in [7, 11) is 1.59. The second-order valence-electron chi connectivity index (χ2n) is 6.86. The number of carbonyl (C=O) groups excluding carboxylic acids is 1. The van der Waals surface area contributed by atoms with Crippen LogP contribution in [0.3, 0.4) is 0 Å². The first-order valence-electron chi connectivity index (χ1n) is 9.51. The van der Waals surface area contributed by atoms with E-state index in [9.17, 15) is 4.79 Å². The fourth-order valence-corrected chi connectivity index (χ4v) is 2.86. The Bertz CT molecular complexity index is 968. The Morgan fingerprint density at radius 3 is 2.41 bits per heavy atom. The van der Waals surface area contributed by atoms with Crippen LogP contribution in [0, 0.1) is 13.8 Å². The molecule has 0 atom stereocenters. The number of hydrogen-bond donors (Lipinski definition) is 2. The van der Waals surface area contributed by atoms with Gasteiger partial charge in [-0.3, -0.25) is 4.79 Å². The monoisotopic (exact) mass is 390 g/mol.